The molecule has 25 heavy (non-hydrogen) atoms. The maximum atomic E-state index is 12.1. The zero-order valence-electron chi connectivity index (χ0n) is 13.9. The van der Waals surface area contributed by atoms with E-state index < -0.39 is 18.0 Å². The fourth-order valence-corrected chi connectivity index (χ4v) is 3.02. The average Bonchev–Trinajstić information content (AvgIpc) is 2.89. The quantitative estimate of drug-likeness (QED) is 0.801. The van der Waals surface area contributed by atoms with Gasteiger partial charge in [0.05, 0.1) is 6.04 Å². The number of benzene rings is 1. The van der Waals surface area contributed by atoms with Gasteiger partial charge in [-0.25, -0.2) is 0 Å². The van der Waals surface area contributed by atoms with Crippen molar-refractivity contribution in [2.45, 2.75) is 25.0 Å². The van der Waals surface area contributed by atoms with Crippen molar-refractivity contribution in [3.05, 3.63) is 64.6 Å². The number of carbonyl (C=O) groups is 2. The summed E-state index contributed by atoms with van der Waals surface area (Å²) in [7, 11) is 1.59. The van der Waals surface area contributed by atoms with E-state index in [1.165, 1.54) is 11.0 Å². The molecule has 130 valence electrons. The molecule has 2 heterocycles. The molecule has 1 fully saturated rings. The van der Waals surface area contributed by atoms with Crippen LogP contribution in [0.4, 0.5) is 0 Å². The van der Waals surface area contributed by atoms with E-state index in [1.807, 2.05) is 24.3 Å². The molecule has 1 aromatic heterocycles. The normalized spacial score (nSPS) is 20.0. The second kappa shape index (κ2) is 6.90. The van der Waals surface area contributed by atoms with Crippen molar-refractivity contribution in [2.24, 2.45) is 5.73 Å². The summed E-state index contributed by atoms with van der Waals surface area (Å²) in [6.07, 6.45) is 2.09. The van der Waals surface area contributed by atoms with Gasteiger partial charge in [-0.05, 0) is 23.8 Å². The number of hydrogen-bond acceptors (Lipinski definition) is 4. The third kappa shape index (κ3) is 3.46. The first-order valence-electron chi connectivity index (χ1n) is 8.04. The summed E-state index contributed by atoms with van der Waals surface area (Å²) in [5, 5.41) is 3.17. The molecule has 1 aliphatic heterocycles. The third-order valence-corrected chi connectivity index (χ3v) is 4.49. The fourth-order valence-electron chi connectivity index (χ4n) is 3.02. The molecule has 0 saturated carbocycles. The summed E-state index contributed by atoms with van der Waals surface area (Å²) in [6.45, 7) is 0.486. The Balaban J connectivity index is 1.65. The first-order chi connectivity index (χ1) is 12.0. The van der Waals surface area contributed by atoms with E-state index in [9.17, 15) is 14.4 Å². The van der Waals surface area contributed by atoms with Crippen LogP contribution in [-0.4, -0.2) is 40.4 Å². The summed E-state index contributed by atoms with van der Waals surface area (Å²) >= 11 is 0. The molecular weight excluding hydrogens is 320 g/mol. The first kappa shape index (κ1) is 16.9. The standard InChI is InChI=1S/C18H20N4O3/c1-21-15(17(19)24)10-14(18(21)25)20-11-12-5-7-13(8-6-12)22-9-3-2-4-16(22)23/h2-9,14-15,20H,10-11H2,1H3,(H2,19,24). The van der Waals surface area contributed by atoms with Gasteiger partial charge in [-0.3, -0.25) is 19.0 Å². The van der Waals surface area contributed by atoms with E-state index in [-0.39, 0.29) is 11.5 Å². The molecular formula is C18H20N4O3. The lowest BCUT2D eigenvalue weighted by Gasteiger charge is -2.15. The Kier molecular flexibility index (Phi) is 4.67. The van der Waals surface area contributed by atoms with Gasteiger partial charge in [0, 0.05) is 38.0 Å². The topological polar surface area (TPSA) is 97.4 Å². The smallest absolute Gasteiger partial charge is 0.255 e. The minimum atomic E-state index is -0.558. The van der Waals surface area contributed by atoms with Gasteiger partial charge in [0.15, 0.2) is 0 Å². The lowest BCUT2D eigenvalue weighted by Crippen LogP contribution is -2.40. The molecule has 0 aliphatic carbocycles. The Morgan fingerprint density at radius 3 is 2.52 bits per heavy atom. The Bertz CT molecular complexity index is 844. The number of aromatic nitrogens is 1. The Morgan fingerprint density at radius 2 is 1.92 bits per heavy atom. The number of likely N-dealkylation sites (tertiary alicyclic amines) is 1. The molecule has 0 bridgehead atoms. The van der Waals surface area contributed by atoms with Gasteiger partial charge in [0.25, 0.3) is 5.56 Å². The number of amides is 2. The van der Waals surface area contributed by atoms with Gasteiger partial charge in [0.2, 0.25) is 11.8 Å². The van der Waals surface area contributed by atoms with E-state index in [4.69, 9.17) is 5.73 Å². The number of nitrogens with one attached hydrogen (secondary N) is 1. The monoisotopic (exact) mass is 340 g/mol. The molecule has 1 saturated heterocycles. The number of nitrogens with zero attached hydrogens (tertiary/aromatic N) is 2. The van der Waals surface area contributed by atoms with Gasteiger partial charge in [0.1, 0.15) is 6.04 Å². The highest BCUT2D eigenvalue weighted by molar-refractivity contribution is 5.92. The van der Waals surface area contributed by atoms with Crippen LogP contribution in [0.3, 0.4) is 0 Å². The van der Waals surface area contributed by atoms with E-state index in [0.29, 0.717) is 13.0 Å². The third-order valence-electron chi connectivity index (χ3n) is 4.49. The van der Waals surface area contributed by atoms with Gasteiger partial charge in [-0.2, -0.15) is 0 Å². The van der Waals surface area contributed by atoms with Gasteiger partial charge in [-0.1, -0.05) is 18.2 Å². The van der Waals surface area contributed by atoms with E-state index in [2.05, 4.69) is 5.32 Å². The zero-order valence-corrected chi connectivity index (χ0v) is 13.9. The van der Waals surface area contributed by atoms with Crippen molar-refractivity contribution in [1.29, 1.82) is 0 Å². The number of pyridine rings is 1. The number of rotatable bonds is 5. The molecule has 0 spiro atoms. The molecule has 3 rings (SSSR count). The molecule has 0 radical (unpaired) electrons. The number of hydrogen-bond donors (Lipinski definition) is 2. The molecule has 7 nitrogen and oxygen atoms in total. The van der Waals surface area contributed by atoms with Crippen molar-refractivity contribution in [3.8, 4) is 5.69 Å². The minimum Gasteiger partial charge on any atom is -0.368 e. The minimum absolute atomic E-state index is 0.0922. The molecule has 1 aliphatic rings. The molecule has 7 heteroatoms. The van der Waals surface area contributed by atoms with Crippen LogP contribution in [0.2, 0.25) is 0 Å². The maximum Gasteiger partial charge on any atom is 0.255 e. The van der Waals surface area contributed by atoms with Crippen LogP contribution in [0, 0.1) is 0 Å². The fraction of sp³-hybridized carbons (Fsp3) is 0.278. The van der Waals surface area contributed by atoms with Crippen LogP contribution in [0.5, 0.6) is 0 Å². The highest BCUT2D eigenvalue weighted by Crippen LogP contribution is 2.18. The summed E-state index contributed by atoms with van der Waals surface area (Å²) in [5.74, 6) is -0.617. The summed E-state index contributed by atoms with van der Waals surface area (Å²) in [4.78, 5) is 36.7. The van der Waals surface area contributed by atoms with Crippen molar-refractivity contribution in [3.63, 3.8) is 0 Å². The zero-order chi connectivity index (χ0) is 18.0. The first-order valence-corrected chi connectivity index (χ1v) is 8.04. The number of carbonyl (C=O) groups excluding carboxylic acids is 2. The van der Waals surface area contributed by atoms with Crippen molar-refractivity contribution in [1.82, 2.24) is 14.8 Å². The Hall–Kier alpha value is -2.93. The van der Waals surface area contributed by atoms with E-state index in [1.54, 1.807) is 29.9 Å². The van der Waals surface area contributed by atoms with Gasteiger partial charge < -0.3 is 16.0 Å². The second-order valence-corrected chi connectivity index (χ2v) is 6.11. The number of likely N-dealkylation sites (N-methyl/N-ethyl adjacent to an activating group) is 1. The van der Waals surface area contributed by atoms with Gasteiger partial charge in [-0.15, -0.1) is 0 Å². The number of primary amides is 1. The van der Waals surface area contributed by atoms with Crippen LogP contribution in [0.1, 0.15) is 12.0 Å². The predicted octanol–water partition coefficient (Wildman–Crippen LogP) is 0.0117. The molecule has 2 atom stereocenters. The largest absolute Gasteiger partial charge is 0.368 e. The SMILES string of the molecule is CN1C(=O)C(NCc2ccc(-n3ccccc3=O)cc2)CC1C(N)=O. The molecule has 3 N–H and O–H groups in total. The van der Waals surface area contributed by atoms with Crippen LogP contribution in [0.25, 0.3) is 5.69 Å². The Labute approximate surface area is 145 Å². The van der Waals surface area contributed by atoms with Crippen molar-refractivity contribution in [2.75, 3.05) is 7.05 Å². The predicted molar refractivity (Wildman–Crippen MR) is 93.0 cm³/mol. The second-order valence-electron chi connectivity index (χ2n) is 6.11. The highest BCUT2D eigenvalue weighted by Gasteiger charge is 2.39. The maximum absolute atomic E-state index is 12.1. The highest BCUT2D eigenvalue weighted by atomic mass is 16.2. The molecule has 2 amide bonds. The lowest BCUT2D eigenvalue weighted by atomic mass is 10.1. The molecule has 2 unspecified atom stereocenters. The molecule has 1 aromatic carbocycles. The van der Waals surface area contributed by atoms with Gasteiger partial charge >= 0.3 is 0 Å². The summed E-state index contributed by atoms with van der Waals surface area (Å²) in [6, 6.07) is 11.5. The van der Waals surface area contributed by atoms with E-state index >= 15 is 0 Å². The van der Waals surface area contributed by atoms with E-state index in [0.717, 1.165) is 11.3 Å². The van der Waals surface area contributed by atoms with Crippen molar-refractivity contribution < 1.29 is 9.59 Å². The Morgan fingerprint density at radius 1 is 1.20 bits per heavy atom. The van der Waals surface area contributed by atoms with Crippen LogP contribution >= 0.6 is 0 Å². The average molecular weight is 340 g/mol. The van der Waals surface area contributed by atoms with Crippen LogP contribution in [-0.2, 0) is 16.1 Å². The summed E-state index contributed by atoms with van der Waals surface area (Å²) in [5.41, 5.74) is 6.98. The van der Waals surface area contributed by atoms with Crippen LogP contribution in [0.15, 0.2) is 53.5 Å². The van der Waals surface area contributed by atoms with Crippen molar-refractivity contribution >= 4 is 11.8 Å². The summed E-state index contributed by atoms with van der Waals surface area (Å²) < 4.78 is 1.56. The lowest BCUT2D eigenvalue weighted by molar-refractivity contribution is -0.133. The van der Waals surface area contributed by atoms with Crippen LogP contribution < -0.4 is 16.6 Å². The molecule has 2 aromatic rings. The number of nitrogens with two attached hydrogens (primary N) is 1.